The molecule has 130 valence electrons. The van der Waals surface area contributed by atoms with Gasteiger partial charge in [0.2, 0.25) is 5.91 Å². The molecule has 0 fully saturated rings. The maximum absolute atomic E-state index is 12.5. The number of methoxy groups -OCH3 is 1. The van der Waals surface area contributed by atoms with Crippen molar-refractivity contribution in [2.75, 3.05) is 23.9 Å². The smallest absolute Gasteiger partial charge is 0.268 e. The van der Waals surface area contributed by atoms with Crippen LogP contribution in [0.3, 0.4) is 0 Å². The third kappa shape index (κ3) is 3.53. The van der Waals surface area contributed by atoms with Crippen LogP contribution in [0.4, 0.5) is 11.4 Å². The Bertz CT molecular complexity index is 824. The summed E-state index contributed by atoms with van der Waals surface area (Å²) in [5, 5.41) is 3.20. The Balaban J connectivity index is 1.81. The first kappa shape index (κ1) is 17.1. The molecule has 2 aromatic rings. The van der Waals surface area contributed by atoms with E-state index in [-0.39, 0.29) is 18.4 Å². The first-order chi connectivity index (χ1) is 12.0. The first-order valence-electron chi connectivity index (χ1n) is 7.70. The number of hydrogen-bond acceptors (Lipinski definition) is 4. The van der Waals surface area contributed by atoms with Gasteiger partial charge in [0.1, 0.15) is 18.0 Å². The SMILES string of the molecule is COc1ccc(Cl)cc1NC(=O)CN1C(=O)C(C)Oc2ccccc21. The van der Waals surface area contributed by atoms with Gasteiger partial charge >= 0.3 is 0 Å². The van der Waals surface area contributed by atoms with Crippen molar-refractivity contribution in [2.45, 2.75) is 13.0 Å². The van der Waals surface area contributed by atoms with E-state index in [1.807, 2.05) is 6.07 Å². The number of carbonyl (C=O) groups excluding carboxylic acids is 2. The summed E-state index contributed by atoms with van der Waals surface area (Å²) in [4.78, 5) is 26.3. The molecule has 0 saturated heterocycles. The van der Waals surface area contributed by atoms with Crippen LogP contribution in [0, 0.1) is 0 Å². The van der Waals surface area contributed by atoms with Gasteiger partial charge in [-0.25, -0.2) is 0 Å². The Labute approximate surface area is 150 Å². The molecule has 0 aliphatic carbocycles. The average molecular weight is 361 g/mol. The molecule has 7 heteroatoms. The highest BCUT2D eigenvalue weighted by Crippen LogP contribution is 2.33. The molecule has 3 rings (SSSR count). The molecule has 0 saturated carbocycles. The molecule has 25 heavy (non-hydrogen) atoms. The fourth-order valence-electron chi connectivity index (χ4n) is 2.63. The highest BCUT2D eigenvalue weighted by molar-refractivity contribution is 6.31. The Morgan fingerprint density at radius 3 is 2.84 bits per heavy atom. The molecular weight excluding hydrogens is 344 g/mol. The molecule has 1 heterocycles. The van der Waals surface area contributed by atoms with Gasteiger partial charge in [0.25, 0.3) is 5.91 Å². The van der Waals surface area contributed by atoms with Gasteiger partial charge in [-0.3, -0.25) is 14.5 Å². The molecule has 2 amide bonds. The van der Waals surface area contributed by atoms with E-state index >= 15 is 0 Å². The summed E-state index contributed by atoms with van der Waals surface area (Å²) < 4.78 is 10.8. The summed E-state index contributed by atoms with van der Waals surface area (Å²) in [6.07, 6.45) is -0.650. The predicted octanol–water partition coefficient (Wildman–Crippen LogP) is 3.10. The van der Waals surface area contributed by atoms with E-state index in [0.717, 1.165) is 0 Å². The van der Waals surface area contributed by atoms with Crippen molar-refractivity contribution < 1.29 is 19.1 Å². The van der Waals surface area contributed by atoms with Gasteiger partial charge in [0, 0.05) is 5.02 Å². The Kier molecular flexibility index (Phi) is 4.81. The molecule has 0 aromatic heterocycles. The number of carbonyl (C=O) groups is 2. The minimum absolute atomic E-state index is 0.140. The number of hydrogen-bond donors (Lipinski definition) is 1. The van der Waals surface area contributed by atoms with Crippen molar-refractivity contribution in [3.63, 3.8) is 0 Å². The minimum atomic E-state index is -0.650. The number of ether oxygens (including phenoxy) is 2. The van der Waals surface area contributed by atoms with Gasteiger partial charge in [-0.2, -0.15) is 0 Å². The van der Waals surface area contributed by atoms with Crippen LogP contribution in [0.2, 0.25) is 5.02 Å². The van der Waals surface area contributed by atoms with Gasteiger partial charge < -0.3 is 14.8 Å². The van der Waals surface area contributed by atoms with Crippen molar-refractivity contribution in [3.8, 4) is 11.5 Å². The Hall–Kier alpha value is -2.73. The Morgan fingerprint density at radius 1 is 1.32 bits per heavy atom. The summed E-state index contributed by atoms with van der Waals surface area (Å²) >= 11 is 5.97. The number of fused-ring (bicyclic) bond motifs is 1. The first-order valence-corrected chi connectivity index (χ1v) is 8.08. The second-order valence-corrected chi connectivity index (χ2v) is 5.98. The fraction of sp³-hybridized carbons (Fsp3) is 0.222. The lowest BCUT2D eigenvalue weighted by Gasteiger charge is -2.32. The number of nitrogens with zero attached hydrogens (tertiary/aromatic N) is 1. The number of anilines is 2. The van der Waals surface area contributed by atoms with E-state index in [1.165, 1.54) is 12.0 Å². The zero-order valence-electron chi connectivity index (χ0n) is 13.8. The molecule has 0 spiro atoms. The van der Waals surface area contributed by atoms with Crippen LogP contribution in [0.25, 0.3) is 0 Å². The number of halogens is 1. The highest BCUT2D eigenvalue weighted by atomic mass is 35.5. The molecule has 1 N–H and O–H groups in total. The topological polar surface area (TPSA) is 67.9 Å². The van der Waals surface area contributed by atoms with Crippen molar-refractivity contribution in [1.82, 2.24) is 0 Å². The number of rotatable bonds is 4. The second kappa shape index (κ2) is 7.03. The molecule has 1 atom stereocenters. The molecule has 1 aliphatic rings. The van der Waals surface area contributed by atoms with Crippen LogP contribution in [0.15, 0.2) is 42.5 Å². The number of para-hydroxylation sites is 2. The molecule has 1 unspecified atom stereocenters. The minimum Gasteiger partial charge on any atom is -0.495 e. The van der Waals surface area contributed by atoms with Crippen molar-refractivity contribution in [1.29, 1.82) is 0 Å². The molecule has 1 aliphatic heterocycles. The van der Waals surface area contributed by atoms with E-state index in [0.29, 0.717) is 27.9 Å². The lowest BCUT2D eigenvalue weighted by atomic mass is 10.2. The van der Waals surface area contributed by atoms with E-state index < -0.39 is 6.10 Å². The molecule has 0 bridgehead atoms. The number of amides is 2. The summed E-state index contributed by atoms with van der Waals surface area (Å²) in [6.45, 7) is 1.52. The predicted molar refractivity (Wildman–Crippen MR) is 95.5 cm³/mol. The maximum Gasteiger partial charge on any atom is 0.268 e. The third-order valence-electron chi connectivity index (χ3n) is 3.81. The molecule has 2 aromatic carbocycles. The van der Waals surface area contributed by atoms with Gasteiger partial charge in [0.05, 0.1) is 18.5 Å². The number of benzene rings is 2. The number of nitrogens with one attached hydrogen (secondary N) is 1. The monoisotopic (exact) mass is 360 g/mol. The van der Waals surface area contributed by atoms with E-state index in [9.17, 15) is 9.59 Å². The quantitative estimate of drug-likeness (QED) is 0.909. The summed E-state index contributed by atoms with van der Waals surface area (Å²) in [5.41, 5.74) is 1.01. The van der Waals surface area contributed by atoms with Gasteiger partial charge in [-0.15, -0.1) is 0 Å². The van der Waals surface area contributed by atoms with Crippen molar-refractivity contribution >= 4 is 34.8 Å². The lowest BCUT2D eigenvalue weighted by molar-refractivity contribution is -0.127. The van der Waals surface area contributed by atoms with E-state index in [4.69, 9.17) is 21.1 Å². The molecule has 6 nitrogen and oxygen atoms in total. The van der Waals surface area contributed by atoms with Crippen LogP contribution in [0.1, 0.15) is 6.92 Å². The normalized spacial score (nSPS) is 16.0. The second-order valence-electron chi connectivity index (χ2n) is 5.54. The summed E-state index contributed by atoms with van der Waals surface area (Å²) in [6, 6.07) is 12.0. The maximum atomic E-state index is 12.5. The average Bonchev–Trinajstić information content (AvgIpc) is 2.59. The van der Waals surface area contributed by atoms with Gasteiger partial charge in [0.15, 0.2) is 6.10 Å². The van der Waals surface area contributed by atoms with Crippen LogP contribution < -0.4 is 19.7 Å². The lowest BCUT2D eigenvalue weighted by Crippen LogP contribution is -2.47. The van der Waals surface area contributed by atoms with Crippen LogP contribution in [-0.2, 0) is 9.59 Å². The van der Waals surface area contributed by atoms with E-state index in [1.54, 1.807) is 43.3 Å². The summed E-state index contributed by atoms with van der Waals surface area (Å²) in [5.74, 6) is 0.423. The van der Waals surface area contributed by atoms with E-state index in [2.05, 4.69) is 5.32 Å². The zero-order valence-corrected chi connectivity index (χ0v) is 14.5. The van der Waals surface area contributed by atoms with Crippen LogP contribution in [0.5, 0.6) is 11.5 Å². The molecule has 0 radical (unpaired) electrons. The Morgan fingerprint density at radius 2 is 2.08 bits per heavy atom. The van der Waals surface area contributed by atoms with Crippen LogP contribution in [-0.4, -0.2) is 31.6 Å². The van der Waals surface area contributed by atoms with Gasteiger partial charge in [-0.05, 0) is 37.3 Å². The summed E-state index contributed by atoms with van der Waals surface area (Å²) in [7, 11) is 1.50. The largest absolute Gasteiger partial charge is 0.495 e. The van der Waals surface area contributed by atoms with Crippen molar-refractivity contribution in [3.05, 3.63) is 47.5 Å². The third-order valence-corrected chi connectivity index (χ3v) is 4.05. The zero-order chi connectivity index (χ0) is 18.0. The van der Waals surface area contributed by atoms with Crippen LogP contribution >= 0.6 is 11.6 Å². The van der Waals surface area contributed by atoms with Gasteiger partial charge in [-0.1, -0.05) is 23.7 Å². The fourth-order valence-corrected chi connectivity index (χ4v) is 2.81. The standard InChI is InChI=1S/C18H17ClN2O4/c1-11-18(23)21(14-5-3-4-6-16(14)25-11)10-17(22)20-13-9-12(19)7-8-15(13)24-2/h3-9,11H,10H2,1-2H3,(H,20,22). The molecular formula is C18H17ClN2O4. The van der Waals surface area contributed by atoms with Crippen molar-refractivity contribution in [2.24, 2.45) is 0 Å². The highest BCUT2D eigenvalue weighted by Gasteiger charge is 2.32.